The van der Waals surface area contributed by atoms with Gasteiger partial charge in [-0.05, 0) is 65.1 Å². The highest BCUT2D eigenvalue weighted by Crippen LogP contribution is 2.41. The van der Waals surface area contributed by atoms with Crippen molar-refractivity contribution >= 4 is 16.7 Å². The predicted molar refractivity (Wildman–Crippen MR) is 103 cm³/mol. The van der Waals surface area contributed by atoms with E-state index >= 15 is 0 Å². The molecule has 2 nitrogen and oxygen atoms in total. The minimum Gasteiger partial charge on any atom is -0.306 e. The summed E-state index contributed by atoms with van der Waals surface area (Å²) in [5.74, 6) is 0.781. The number of aromatic nitrogens is 2. The largest absolute Gasteiger partial charge is 0.306 e. The molecule has 0 bridgehead atoms. The number of rotatable bonds is 3. The lowest BCUT2D eigenvalue weighted by molar-refractivity contribution is 1.13. The number of allylic oxidation sites excluding steroid dienone is 6. The molecule has 3 aromatic rings. The Bertz CT molecular complexity index is 1030. The van der Waals surface area contributed by atoms with Crippen LogP contribution in [0.1, 0.15) is 41.9 Å². The molecule has 2 heterocycles. The third kappa shape index (κ3) is 2.74. The summed E-state index contributed by atoms with van der Waals surface area (Å²) in [6.45, 7) is 0. The van der Waals surface area contributed by atoms with Crippen molar-refractivity contribution in [2.75, 3.05) is 0 Å². The van der Waals surface area contributed by atoms with Crippen molar-refractivity contribution in [3.63, 3.8) is 0 Å². The van der Waals surface area contributed by atoms with E-state index in [4.69, 9.17) is 0 Å². The molecule has 2 aliphatic carbocycles. The summed E-state index contributed by atoms with van der Waals surface area (Å²) < 4.78 is 2.05. The van der Waals surface area contributed by atoms with E-state index < -0.39 is 0 Å². The first-order chi connectivity index (χ1) is 12.4. The Kier molecular flexibility index (Phi) is 3.41. The van der Waals surface area contributed by atoms with Crippen molar-refractivity contribution in [2.45, 2.75) is 25.2 Å². The molecule has 0 N–H and O–H groups in total. The van der Waals surface area contributed by atoms with Gasteiger partial charge in [-0.3, -0.25) is 0 Å². The molecule has 1 aromatic carbocycles. The first-order valence-electron chi connectivity index (χ1n) is 8.97. The van der Waals surface area contributed by atoms with Gasteiger partial charge in [-0.1, -0.05) is 48.6 Å². The molecule has 2 heteroatoms. The van der Waals surface area contributed by atoms with Gasteiger partial charge >= 0.3 is 0 Å². The van der Waals surface area contributed by atoms with E-state index in [9.17, 15) is 0 Å². The van der Waals surface area contributed by atoms with Crippen molar-refractivity contribution < 1.29 is 0 Å². The third-order valence-electron chi connectivity index (χ3n) is 5.17. The normalized spacial score (nSPS) is 17.3. The molecule has 122 valence electrons. The average molecular weight is 324 g/mol. The van der Waals surface area contributed by atoms with Crippen LogP contribution in [0.15, 0.2) is 79.4 Å². The standard InChI is InChI=1S/C23H20N2/c1-2-7-22(19-6-4-5-18(13-19)17-9-10-17)23(8-3-1)20-11-12-25-16-24-15-21(25)14-20/h1-6,8,11-17H,7,9-10H2. The summed E-state index contributed by atoms with van der Waals surface area (Å²) in [6.07, 6.45) is 18.3. The molecule has 2 aliphatic rings. The van der Waals surface area contributed by atoms with Gasteiger partial charge in [0.05, 0.1) is 18.0 Å². The van der Waals surface area contributed by atoms with Crippen LogP contribution < -0.4 is 0 Å². The average Bonchev–Trinajstić information content (AvgIpc) is 3.44. The maximum absolute atomic E-state index is 4.24. The van der Waals surface area contributed by atoms with Crippen LogP contribution in [0.2, 0.25) is 0 Å². The fourth-order valence-corrected chi connectivity index (χ4v) is 3.65. The Labute approximate surface area is 147 Å². The molecular formula is C23H20N2. The van der Waals surface area contributed by atoms with Crippen LogP contribution in [-0.4, -0.2) is 9.38 Å². The highest BCUT2D eigenvalue weighted by Gasteiger charge is 2.23. The van der Waals surface area contributed by atoms with Gasteiger partial charge in [-0.2, -0.15) is 0 Å². The number of fused-ring (bicyclic) bond motifs is 1. The molecular weight excluding hydrogens is 304 g/mol. The molecule has 0 saturated heterocycles. The SMILES string of the molecule is C1=CCC(c2cccc(C3CC3)c2)=C(c2ccn3cncc3c2)C=C1. The number of hydrogen-bond donors (Lipinski definition) is 0. The summed E-state index contributed by atoms with van der Waals surface area (Å²) in [7, 11) is 0. The van der Waals surface area contributed by atoms with Gasteiger partial charge < -0.3 is 4.40 Å². The van der Waals surface area contributed by atoms with Gasteiger partial charge in [0, 0.05) is 6.20 Å². The zero-order chi connectivity index (χ0) is 16.6. The number of imidazole rings is 1. The highest BCUT2D eigenvalue weighted by molar-refractivity contribution is 5.97. The summed E-state index contributed by atoms with van der Waals surface area (Å²) in [6, 6.07) is 13.6. The van der Waals surface area contributed by atoms with Crippen LogP contribution in [0, 0.1) is 0 Å². The van der Waals surface area contributed by atoms with Crippen LogP contribution in [-0.2, 0) is 0 Å². The molecule has 0 aliphatic heterocycles. The Morgan fingerprint density at radius 1 is 1.00 bits per heavy atom. The first kappa shape index (κ1) is 14.5. The Morgan fingerprint density at radius 3 is 2.88 bits per heavy atom. The zero-order valence-electron chi connectivity index (χ0n) is 14.1. The van der Waals surface area contributed by atoms with Crippen LogP contribution >= 0.6 is 0 Å². The van der Waals surface area contributed by atoms with Crippen molar-refractivity contribution in [3.05, 3.63) is 96.1 Å². The van der Waals surface area contributed by atoms with Crippen LogP contribution in [0.25, 0.3) is 16.7 Å². The third-order valence-corrected chi connectivity index (χ3v) is 5.17. The molecule has 0 spiro atoms. The van der Waals surface area contributed by atoms with Crippen LogP contribution in [0.4, 0.5) is 0 Å². The van der Waals surface area contributed by atoms with Crippen molar-refractivity contribution in [1.29, 1.82) is 0 Å². The summed E-state index contributed by atoms with van der Waals surface area (Å²) >= 11 is 0. The van der Waals surface area contributed by atoms with E-state index in [1.165, 1.54) is 40.7 Å². The lowest BCUT2D eigenvalue weighted by Crippen LogP contribution is -1.93. The van der Waals surface area contributed by atoms with E-state index in [-0.39, 0.29) is 0 Å². The van der Waals surface area contributed by atoms with Gasteiger partial charge in [-0.25, -0.2) is 4.98 Å². The minimum atomic E-state index is 0.781. The van der Waals surface area contributed by atoms with Gasteiger partial charge in [0.2, 0.25) is 0 Å². The van der Waals surface area contributed by atoms with Gasteiger partial charge in [0.15, 0.2) is 0 Å². The Balaban J connectivity index is 1.67. The lowest BCUT2D eigenvalue weighted by Gasteiger charge is -2.13. The second-order valence-electron chi connectivity index (χ2n) is 6.92. The molecule has 0 unspecified atom stereocenters. The number of nitrogens with zero attached hydrogens (tertiary/aromatic N) is 2. The number of benzene rings is 1. The number of pyridine rings is 1. The monoisotopic (exact) mass is 324 g/mol. The smallest absolute Gasteiger partial charge is 0.0991 e. The van der Waals surface area contributed by atoms with Crippen molar-refractivity contribution in [1.82, 2.24) is 9.38 Å². The minimum absolute atomic E-state index is 0.781. The van der Waals surface area contributed by atoms with E-state index in [1.54, 1.807) is 0 Å². The summed E-state index contributed by atoms with van der Waals surface area (Å²) in [4.78, 5) is 4.24. The summed E-state index contributed by atoms with van der Waals surface area (Å²) in [5, 5.41) is 0. The lowest BCUT2D eigenvalue weighted by atomic mass is 9.91. The molecule has 1 saturated carbocycles. The highest BCUT2D eigenvalue weighted by atomic mass is 15.0. The van der Waals surface area contributed by atoms with Crippen molar-refractivity contribution in [3.8, 4) is 0 Å². The molecule has 25 heavy (non-hydrogen) atoms. The molecule has 0 radical (unpaired) electrons. The quantitative estimate of drug-likeness (QED) is 0.609. The molecule has 2 aromatic heterocycles. The van der Waals surface area contributed by atoms with E-state index in [2.05, 4.69) is 76.3 Å². The molecule has 0 amide bonds. The second-order valence-corrected chi connectivity index (χ2v) is 6.92. The van der Waals surface area contributed by atoms with E-state index in [1.807, 2.05) is 12.5 Å². The topological polar surface area (TPSA) is 17.3 Å². The second kappa shape index (κ2) is 5.89. The molecule has 0 atom stereocenters. The van der Waals surface area contributed by atoms with Gasteiger partial charge in [-0.15, -0.1) is 0 Å². The van der Waals surface area contributed by atoms with Gasteiger partial charge in [0.1, 0.15) is 0 Å². The summed E-state index contributed by atoms with van der Waals surface area (Å²) in [5.41, 5.74) is 7.93. The van der Waals surface area contributed by atoms with E-state index in [0.717, 1.165) is 17.9 Å². The molecule has 1 fully saturated rings. The Hall–Kier alpha value is -2.87. The fraction of sp³-hybridized carbons (Fsp3) is 0.174. The first-order valence-corrected chi connectivity index (χ1v) is 8.97. The fourth-order valence-electron chi connectivity index (χ4n) is 3.65. The molecule has 5 rings (SSSR count). The Morgan fingerprint density at radius 2 is 1.96 bits per heavy atom. The number of hydrogen-bond acceptors (Lipinski definition) is 1. The van der Waals surface area contributed by atoms with Crippen LogP contribution in [0.5, 0.6) is 0 Å². The van der Waals surface area contributed by atoms with E-state index in [0.29, 0.717) is 0 Å². The van der Waals surface area contributed by atoms with Crippen molar-refractivity contribution in [2.24, 2.45) is 0 Å². The van der Waals surface area contributed by atoms with Crippen LogP contribution in [0.3, 0.4) is 0 Å². The zero-order valence-corrected chi connectivity index (χ0v) is 14.1. The maximum Gasteiger partial charge on any atom is 0.0991 e. The predicted octanol–water partition coefficient (Wildman–Crippen LogP) is 5.64. The maximum atomic E-state index is 4.24. The van der Waals surface area contributed by atoms with Gasteiger partial charge in [0.25, 0.3) is 0 Å².